The molecule has 0 atom stereocenters. The zero-order chi connectivity index (χ0) is 17.8. The Kier molecular flexibility index (Phi) is 6.39. The second kappa shape index (κ2) is 8.54. The number of aryl methyl sites for hydroxylation is 2. The number of fused-ring (bicyclic) bond motifs is 3. The third-order valence-corrected chi connectivity index (χ3v) is 6.95. The van der Waals surface area contributed by atoms with Gasteiger partial charge in [-0.3, -0.25) is 9.36 Å². The highest BCUT2D eigenvalue weighted by atomic mass is 32.2. The van der Waals surface area contributed by atoms with Gasteiger partial charge in [-0.1, -0.05) is 50.1 Å². The van der Waals surface area contributed by atoms with E-state index in [0.717, 1.165) is 39.5 Å². The first-order valence-corrected chi connectivity index (χ1v) is 11.2. The summed E-state index contributed by atoms with van der Waals surface area (Å²) >= 11 is 3.47. The normalized spacial score (nSPS) is 14.0. The molecule has 0 aromatic carbocycles. The molecule has 2 aromatic heterocycles. The van der Waals surface area contributed by atoms with Gasteiger partial charge in [0.25, 0.3) is 5.56 Å². The van der Waals surface area contributed by atoms with Crippen molar-refractivity contribution in [3.63, 3.8) is 0 Å². The summed E-state index contributed by atoms with van der Waals surface area (Å²) in [6.45, 7) is 8.80. The van der Waals surface area contributed by atoms with Gasteiger partial charge in [0, 0.05) is 17.2 Å². The van der Waals surface area contributed by atoms with Gasteiger partial charge in [-0.2, -0.15) is 0 Å². The Morgan fingerprint density at radius 3 is 2.84 bits per heavy atom. The van der Waals surface area contributed by atoms with Crippen molar-refractivity contribution in [1.82, 2.24) is 9.55 Å². The van der Waals surface area contributed by atoms with Gasteiger partial charge in [-0.05, 0) is 44.6 Å². The molecule has 136 valence electrons. The van der Waals surface area contributed by atoms with Crippen LogP contribution in [-0.4, -0.2) is 15.3 Å². The molecule has 0 N–H and O–H groups in total. The monoisotopic (exact) mass is 376 g/mol. The summed E-state index contributed by atoms with van der Waals surface area (Å²) in [5.74, 6) is 1.03. The van der Waals surface area contributed by atoms with E-state index in [-0.39, 0.29) is 5.56 Å². The number of thioether (sulfide) groups is 1. The van der Waals surface area contributed by atoms with Crippen LogP contribution in [0.5, 0.6) is 0 Å². The first-order valence-electron chi connectivity index (χ1n) is 9.44. The average molecular weight is 377 g/mol. The molecule has 1 aliphatic rings. The van der Waals surface area contributed by atoms with Gasteiger partial charge < -0.3 is 0 Å². The lowest BCUT2D eigenvalue weighted by Gasteiger charge is -2.13. The lowest BCUT2D eigenvalue weighted by Crippen LogP contribution is -2.24. The van der Waals surface area contributed by atoms with Crippen LogP contribution in [0.4, 0.5) is 0 Å². The highest BCUT2D eigenvalue weighted by molar-refractivity contribution is 7.99. The summed E-state index contributed by atoms with van der Waals surface area (Å²) in [5.41, 5.74) is 2.42. The molecule has 0 saturated heterocycles. The van der Waals surface area contributed by atoms with E-state index in [4.69, 9.17) is 4.98 Å². The number of rotatable bonds is 8. The summed E-state index contributed by atoms with van der Waals surface area (Å²) in [5, 5.41) is 1.76. The van der Waals surface area contributed by atoms with Crippen LogP contribution >= 0.6 is 23.1 Å². The van der Waals surface area contributed by atoms with Gasteiger partial charge >= 0.3 is 0 Å². The lowest BCUT2D eigenvalue weighted by atomic mass is 9.97. The molecule has 2 aromatic rings. The zero-order valence-corrected chi connectivity index (χ0v) is 17.0. The topological polar surface area (TPSA) is 34.9 Å². The maximum absolute atomic E-state index is 13.2. The van der Waals surface area contributed by atoms with Crippen molar-refractivity contribution in [2.24, 2.45) is 0 Å². The Hall–Kier alpha value is -1.07. The predicted octanol–water partition coefficient (Wildman–Crippen LogP) is 5.59. The van der Waals surface area contributed by atoms with E-state index in [1.807, 2.05) is 11.5 Å². The summed E-state index contributed by atoms with van der Waals surface area (Å²) in [6.07, 6.45) is 9.52. The van der Waals surface area contributed by atoms with Crippen LogP contribution in [0.2, 0.25) is 0 Å². The molecule has 2 heterocycles. The summed E-state index contributed by atoms with van der Waals surface area (Å²) in [6, 6.07) is 0. The molecule has 0 fully saturated rings. The van der Waals surface area contributed by atoms with Crippen LogP contribution in [0, 0.1) is 0 Å². The van der Waals surface area contributed by atoms with E-state index in [2.05, 4.69) is 13.5 Å². The van der Waals surface area contributed by atoms with E-state index in [1.54, 1.807) is 23.1 Å². The molecule has 0 aliphatic heterocycles. The number of aromatic nitrogens is 2. The van der Waals surface area contributed by atoms with E-state index >= 15 is 0 Å². The largest absolute Gasteiger partial charge is 0.283 e. The maximum atomic E-state index is 13.2. The minimum Gasteiger partial charge on any atom is -0.283 e. The highest BCUT2D eigenvalue weighted by Gasteiger charge is 2.22. The minimum absolute atomic E-state index is 0.142. The van der Waals surface area contributed by atoms with Gasteiger partial charge in [-0.25, -0.2) is 4.98 Å². The smallest absolute Gasteiger partial charge is 0.263 e. The van der Waals surface area contributed by atoms with Crippen LogP contribution in [0.25, 0.3) is 10.2 Å². The van der Waals surface area contributed by atoms with Crippen molar-refractivity contribution in [3.8, 4) is 0 Å². The molecule has 0 amide bonds. The van der Waals surface area contributed by atoms with Crippen LogP contribution in [-0.2, 0) is 19.4 Å². The molecule has 3 nitrogen and oxygen atoms in total. The quantitative estimate of drug-likeness (QED) is 0.261. The number of nitrogens with zero attached hydrogens (tertiary/aromatic N) is 2. The van der Waals surface area contributed by atoms with Crippen molar-refractivity contribution in [1.29, 1.82) is 0 Å². The number of allylic oxidation sites excluding steroid dienone is 1. The van der Waals surface area contributed by atoms with Crippen molar-refractivity contribution in [2.75, 3.05) is 5.75 Å². The standard InChI is InChI=1S/C20H28N2OS2/c1-4-5-6-9-12-24-20-21-18-17(19(23)22(20)13-14(2)3)15-10-7-8-11-16(15)25-18/h2,4-13H2,1,3H3. The average Bonchev–Trinajstić information content (AvgIpc) is 2.96. The van der Waals surface area contributed by atoms with Gasteiger partial charge in [0.2, 0.25) is 0 Å². The molecule has 0 unspecified atom stereocenters. The minimum atomic E-state index is 0.142. The number of unbranched alkanes of at least 4 members (excludes halogenated alkanes) is 3. The van der Waals surface area contributed by atoms with Crippen LogP contribution < -0.4 is 5.56 Å². The molecule has 0 spiro atoms. The molecule has 5 heteroatoms. The van der Waals surface area contributed by atoms with Crippen molar-refractivity contribution >= 4 is 33.3 Å². The Balaban J connectivity index is 1.96. The van der Waals surface area contributed by atoms with Crippen molar-refractivity contribution in [3.05, 3.63) is 32.9 Å². The Morgan fingerprint density at radius 1 is 1.28 bits per heavy atom. The Labute approximate surface area is 158 Å². The third-order valence-electron chi connectivity index (χ3n) is 4.70. The van der Waals surface area contributed by atoms with Gasteiger partial charge in [-0.15, -0.1) is 11.3 Å². The second-order valence-corrected chi connectivity index (χ2v) is 9.19. The fourth-order valence-corrected chi connectivity index (χ4v) is 5.73. The molecule has 0 radical (unpaired) electrons. The lowest BCUT2D eigenvalue weighted by molar-refractivity contribution is 0.648. The van der Waals surface area contributed by atoms with Gasteiger partial charge in [0.1, 0.15) is 4.83 Å². The van der Waals surface area contributed by atoms with Crippen molar-refractivity contribution in [2.45, 2.75) is 76.9 Å². The molecule has 1 aliphatic carbocycles. The zero-order valence-electron chi connectivity index (χ0n) is 15.4. The molecular weight excluding hydrogens is 348 g/mol. The fraction of sp³-hybridized carbons (Fsp3) is 0.600. The fourth-order valence-electron chi connectivity index (χ4n) is 3.43. The molecule has 25 heavy (non-hydrogen) atoms. The van der Waals surface area contributed by atoms with Crippen LogP contribution in [0.1, 0.15) is 62.8 Å². The van der Waals surface area contributed by atoms with Crippen LogP contribution in [0.3, 0.4) is 0 Å². The number of hydrogen-bond acceptors (Lipinski definition) is 4. The molecule has 0 bridgehead atoms. The summed E-state index contributed by atoms with van der Waals surface area (Å²) in [4.78, 5) is 20.5. The second-order valence-electron chi connectivity index (χ2n) is 7.04. The molecule has 3 rings (SSSR count). The summed E-state index contributed by atoms with van der Waals surface area (Å²) in [7, 11) is 0. The Bertz CT molecular complexity index is 819. The maximum Gasteiger partial charge on any atom is 0.263 e. The highest BCUT2D eigenvalue weighted by Crippen LogP contribution is 2.34. The van der Waals surface area contributed by atoms with E-state index in [0.29, 0.717) is 6.54 Å². The molecular formula is C20H28N2OS2. The first-order chi connectivity index (χ1) is 12.1. The molecule has 0 saturated carbocycles. The SMILES string of the molecule is C=C(C)Cn1c(SCCCCCC)nc2sc3c(c2c1=O)CCCC3. The van der Waals surface area contributed by atoms with Gasteiger partial charge in [0.15, 0.2) is 5.16 Å². The van der Waals surface area contributed by atoms with E-state index in [9.17, 15) is 4.79 Å². The number of hydrogen-bond donors (Lipinski definition) is 0. The van der Waals surface area contributed by atoms with E-state index in [1.165, 1.54) is 49.0 Å². The Morgan fingerprint density at radius 2 is 2.08 bits per heavy atom. The first kappa shape index (κ1) is 18.7. The number of thiophene rings is 1. The predicted molar refractivity (Wildman–Crippen MR) is 110 cm³/mol. The third kappa shape index (κ3) is 4.20. The van der Waals surface area contributed by atoms with Crippen molar-refractivity contribution < 1.29 is 0 Å². The van der Waals surface area contributed by atoms with Crippen LogP contribution in [0.15, 0.2) is 22.1 Å². The van der Waals surface area contributed by atoms with Gasteiger partial charge in [0.05, 0.1) is 5.39 Å². The van der Waals surface area contributed by atoms with E-state index < -0.39 is 0 Å². The summed E-state index contributed by atoms with van der Waals surface area (Å²) < 4.78 is 1.86.